The zero-order valence-corrected chi connectivity index (χ0v) is 12.9. The zero-order chi connectivity index (χ0) is 15.6. The summed E-state index contributed by atoms with van der Waals surface area (Å²) >= 11 is 0. The Morgan fingerprint density at radius 3 is 2.74 bits per heavy atom. The van der Waals surface area contributed by atoms with Crippen LogP contribution in [0.5, 0.6) is 0 Å². The van der Waals surface area contributed by atoms with Crippen LogP contribution in [0.4, 0.5) is 5.95 Å². The third-order valence-electron chi connectivity index (χ3n) is 4.12. The van der Waals surface area contributed by atoms with Gasteiger partial charge in [-0.15, -0.1) is 0 Å². The van der Waals surface area contributed by atoms with Gasteiger partial charge in [-0.1, -0.05) is 0 Å². The third kappa shape index (κ3) is 2.54. The van der Waals surface area contributed by atoms with Crippen LogP contribution >= 0.6 is 0 Å². The minimum atomic E-state index is 0.161. The van der Waals surface area contributed by atoms with Crippen molar-refractivity contribution in [1.29, 1.82) is 0 Å². The molecule has 3 aromatic rings. The fourth-order valence-corrected chi connectivity index (χ4v) is 3.02. The van der Waals surface area contributed by atoms with Crippen LogP contribution in [0, 0.1) is 6.92 Å². The summed E-state index contributed by atoms with van der Waals surface area (Å²) in [4.78, 5) is 24.4. The quantitative estimate of drug-likeness (QED) is 0.738. The fourth-order valence-electron chi connectivity index (χ4n) is 3.02. The number of rotatable bonds is 3. The molecule has 116 valence electrons. The van der Waals surface area contributed by atoms with Crippen LogP contribution in [0.3, 0.4) is 0 Å². The van der Waals surface area contributed by atoms with Gasteiger partial charge in [0.25, 0.3) is 0 Å². The Labute approximate surface area is 134 Å². The SMILES string of the molecule is Cc1nccn1-c1cncc([C@H]2CCCN2c2ncccn2)n1. The highest BCUT2D eigenvalue weighted by Crippen LogP contribution is 2.33. The Morgan fingerprint density at radius 1 is 1.09 bits per heavy atom. The highest BCUT2D eigenvalue weighted by atomic mass is 15.3. The highest BCUT2D eigenvalue weighted by Gasteiger charge is 2.29. The predicted octanol–water partition coefficient (Wildman–Crippen LogP) is 2.10. The van der Waals surface area contributed by atoms with Crippen LogP contribution in [0.25, 0.3) is 5.82 Å². The van der Waals surface area contributed by atoms with Gasteiger partial charge in [0, 0.05) is 31.3 Å². The smallest absolute Gasteiger partial charge is 0.225 e. The van der Waals surface area contributed by atoms with Gasteiger partial charge in [0.1, 0.15) is 5.82 Å². The first-order valence-corrected chi connectivity index (χ1v) is 7.69. The molecule has 1 aliphatic heterocycles. The van der Waals surface area contributed by atoms with Crippen LogP contribution in [-0.4, -0.2) is 36.0 Å². The van der Waals surface area contributed by atoms with E-state index >= 15 is 0 Å². The van der Waals surface area contributed by atoms with Crippen molar-refractivity contribution in [3.05, 3.63) is 54.8 Å². The van der Waals surface area contributed by atoms with E-state index in [1.807, 2.05) is 30.0 Å². The number of hydrogen-bond donors (Lipinski definition) is 0. The van der Waals surface area contributed by atoms with Crippen LogP contribution in [0.1, 0.15) is 30.4 Å². The van der Waals surface area contributed by atoms with Crippen molar-refractivity contribution in [2.75, 3.05) is 11.4 Å². The maximum atomic E-state index is 4.80. The molecule has 4 heterocycles. The van der Waals surface area contributed by atoms with E-state index in [-0.39, 0.29) is 6.04 Å². The van der Waals surface area contributed by atoms with E-state index in [2.05, 4.69) is 24.8 Å². The lowest BCUT2D eigenvalue weighted by Crippen LogP contribution is -2.25. The number of aryl methyl sites for hydroxylation is 1. The van der Waals surface area contributed by atoms with Crippen molar-refractivity contribution in [3.63, 3.8) is 0 Å². The molecule has 0 unspecified atom stereocenters. The summed E-state index contributed by atoms with van der Waals surface area (Å²) in [7, 11) is 0. The van der Waals surface area contributed by atoms with Gasteiger partial charge in [-0.05, 0) is 25.8 Å². The molecule has 4 rings (SSSR count). The van der Waals surface area contributed by atoms with Gasteiger partial charge in [-0.25, -0.2) is 19.9 Å². The van der Waals surface area contributed by atoms with E-state index in [1.165, 1.54) is 0 Å². The van der Waals surface area contributed by atoms with E-state index in [0.29, 0.717) is 0 Å². The second kappa shape index (κ2) is 5.75. The first kappa shape index (κ1) is 13.8. The second-order valence-corrected chi connectivity index (χ2v) is 5.55. The molecular formula is C16H17N7. The molecule has 1 fully saturated rings. The Kier molecular flexibility index (Phi) is 3.45. The summed E-state index contributed by atoms with van der Waals surface area (Å²) in [5.41, 5.74) is 0.945. The summed E-state index contributed by atoms with van der Waals surface area (Å²) in [5, 5.41) is 0. The predicted molar refractivity (Wildman–Crippen MR) is 85.2 cm³/mol. The molecule has 7 nitrogen and oxygen atoms in total. The van der Waals surface area contributed by atoms with Gasteiger partial charge in [-0.2, -0.15) is 0 Å². The maximum absolute atomic E-state index is 4.80. The van der Waals surface area contributed by atoms with E-state index in [9.17, 15) is 0 Å². The van der Waals surface area contributed by atoms with Crippen LogP contribution < -0.4 is 4.90 Å². The summed E-state index contributed by atoms with van der Waals surface area (Å²) in [6.45, 7) is 2.89. The van der Waals surface area contributed by atoms with E-state index in [4.69, 9.17) is 4.98 Å². The largest absolute Gasteiger partial charge is 0.332 e. The molecule has 1 saturated heterocycles. The minimum absolute atomic E-state index is 0.161. The van der Waals surface area contributed by atoms with Crippen molar-refractivity contribution in [2.24, 2.45) is 0 Å². The average molecular weight is 307 g/mol. The van der Waals surface area contributed by atoms with Gasteiger partial charge in [0.15, 0.2) is 5.82 Å². The normalized spacial score (nSPS) is 17.6. The minimum Gasteiger partial charge on any atom is -0.332 e. The molecule has 7 heteroatoms. The molecule has 1 atom stereocenters. The monoisotopic (exact) mass is 307 g/mol. The van der Waals surface area contributed by atoms with Crippen molar-refractivity contribution < 1.29 is 0 Å². The van der Waals surface area contributed by atoms with Gasteiger partial charge in [0.05, 0.1) is 24.1 Å². The Morgan fingerprint density at radius 2 is 1.96 bits per heavy atom. The number of imidazole rings is 1. The summed E-state index contributed by atoms with van der Waals surface area (Å²) in [5.74, 6) is 2.44. The molecule has 0 spiro atoms. The Hall–Kier alpha value is -2.83. The molecule has 0 amide bonds. The lowest BCUT2D eigenvalue weighted by atomic mass is 10.1. The number of anilines is 1. The zero-order valence-electron chi connectivity index (χ0n) is 12.9. The fraction of sp³-hybridized carbons (Fsp3) is 0.312. The molecule has 3 aromatic heterocycles. The molecule has 0 bridgehead atoms. The van der Waals surface area contributed by atoms with E-state index in [0.717, 1.165) is 42.7 Å². The molecule has 1 aliphatic rings. The molecule has 0 radical (unpaired) electrons. The second-order valence-electron chi connectivity index (χ2n) is 5.55. The first-order chi connectivity index (χ1) is 11.3. The maximum Gasteiger partial charge on any atom is 0.225 e. The summed E-state index contributed by atoms with van der Waals surface area (Å²) in [6, 6.07) is 1.99. The molecular weight excluding hydrogens is 290 g/mol. The van der Waals surface area contributed by atoms with Gasteiger partial charge >= 0.3 is 0 Å². The number of aromatic nitrogens is 6. The average Bonchev–Trinajstić information content (AvgIpc) is 3.25. The molecule has 0 N–H and O–H groups in total. The van der Waals surface area contributed by atoms with Gasteiger partial charge in [0.2, 0.25) is 5.95 Å². The first-order valence-electron chi connectivity index (χ1n) is 7.69. The Balaban J connectivity index is 1.69. The van der Waals surface area contributed by atoms with Crippen LogP contribution in [0.2, 0.25) is 0 Å². The summed E-state index contributed by atoms with van der Waals surface area (Å²) < 4.78 is 1.94. The number of nitrogens with zero attached hydrogens (tertiary/aromatic N) is 7. The Bertz CT molecular complexity index is 799. The van der Waals surface area contributed by atoms with Gasteiger partial charge < -0.3 is 4.90 Å². The summed E-state index contributed by atoms with van der Waals surface area (Å²) in [6.07, 6.45) is 12.9. The van der Waals surface area contributed by atoms with Crippen LogP contribution in [0.15, 0.2) is 43.2 Å². The standard InChI is InChI=1S/C16H17N7/c1-12-18-7-9-22(12)15-11-17-10-13(21-15)14-4-2-8-23(14)16-19-5-3-6-20-16/h3,5-7,9-11,14H,2,4,8H2,1H3/t14-/m1/s1. The molecule has 23 heavy (non-hydrogen) atoms. The lowest BCUT2D eigenvalue weighted by molar-refractivity contribution is 0.670. The van der Waals surface area contributed by atoms with Gasteiger partial charge in [-0.3, -0.25) is 9.55 Å². The molecule has 0 aliphatic carbocycles. The van der Waals surface area contributed by atoms with Crippen molar-refractivity contribution >= 4 is 5.95 Å². The van der Waals surface area contributed by atoms with Crippen molar-refractivity contribution in [2.45, 2.75) is 25.8 Å². The van der Waals surface area contributed by atoms with E-state index in [1.54, 1.807) is 24.8 Å². The number of hydrogen-bond acceptors (Lipinski definition) is 6. The topological polar surface area (TPSA) is 72.6 Å². The lowest BCUT2D eigenvalue weighted by Gasteiger charge is -2.24. The van der Waals surface area contributed by atoms with Crippen LogP contribution in [-0.2, 0) is 0 Å². The third-order valence-corrected chi connectivity index (χ3v) is 4.12. The molecule has 0 saturated carbocycles. The highest BCUT2D eigenvalue weighted by molar-refractivity contribution is 5.36. The van der Waals surface area contributed by atoms with E-state index < -0.39 is 0 Å². The molecule has 0 aromatic carbocycles. The van der Waals surface area contributed by atoms with Crippen molar-refractivity contribution in [3.8, 4) is 5.82 Å². The van der Waals surface area contributed by atoms with Crippen molar-refractivity contribution in [1.82, 2.24) is 29.5 Å².